The van der Waals surface area contributed by atoms with E-state index in [0.717, 1.165) is 22.2 Å². The second kappa shape index (κ2) is 10.4. The second-order valence-corrected chi connectivity index (χ2v) is 8.96. The Hall–Kier alpha value is -3.58. The maximum atomic E-state index is 12.9. The number of hydrogen-bond acceptors (Lipinski definition) is 6. The van der Waals surface area contributed by atoms with Gasteiger partial charge in [0.1, 0.15) is 11.6 Å². The first-order chi connectivity index (χ1) is 16.0. The highest BCUT2D eigenvalue weighted by atomic mass is 32.1. The Morgan fingerprint density at radius 3 is 2.58 bits per heavy atom. The topological polar surface area (TPSA) is 81.2 Å². The molecule has 0 atom stereocenters. The molecular formula is C26H25N3O3S. The molecule has 4 aromatic rings. The number of hydrogen-bond donors (Lipinski definition) is 1. The number of nitrogens with zero attached hydrogens (tertiary/aromatic N) is 2. The molecule has 0 saturated carbocycles. The van der Waals surface area contributed by atoms with Crippen molar-refractivity contribution in [3.05, 3.63) is 93.6 Å². The summed E-state index contributed by atoms with van der Waals surface area (Å²) in [7, 11) is 0. The molecule has 0 aliphatic carbocycles. The average molecular weight is 460 g/mol. The number of esters is 1. The average Bonchev–Trinajstić information content (AvgIpc) is 3.28. The molecule has 2 aromatic heterocycles. The molecule has 7 heteroatoms. The Morgan fingerprint density at radius 1 is 1.03 bits per heavy atom. The number of fused-ring (bicyclic) bond motifs is 1. The number of thiazole rings is 1. The van der Waals surface area contributed by atoms with Crippen molar-refractivity contribution in [2.24, 2.45) is 0 Å². The molecular weight excluding hydrogens is 434 g/mol. The van der Waals surface area contributed by atoms with Crippen LogP contribution >= 0.6 is 11.3 Å². The molecule has 2 heterocycles. The van der Waals surface area contributed by atoms with Crippen LogP contribution in [0.4, 0.5) is 0 Å². The van der Waals surface area contributed by atoms with Crippen LogP contribution in [-0.2, 0) is 29.1 Å². The van der Waals surface area contributed by atoms with Crippen LogP contribution < -0.4 is 5.32 Å². The summed E-state index contributed by atoms with van der Waals surface area (Å²) in [6.45, 7) is 4.61. The molecule has 4 rings (SSSR count). The van der Waals surface area contributed by atoms with Gasteiger partial charge in [-0.05, 0) is 23.6 Å². The van der Waals surface area contributed by atoms with E-state index in [2.05, 4.69) is 15.3 Å². The summed E-state index contributed by atoms with van der Waals surface area (Å²) in [4.78, 5) is 34.2. The van der Waals surface area contributed by atoms with Crippen molar-refractivity contribution in [3.8, 4) is 0 Å². The third kappa shape index (κ3) is 5.81. The van der Waals surface area contributed by atoms with Gasteiger partial charge >= 0.3 is 5.97 Å². The predicted molar refractivity (Wildman–Crippen MR) is 129 cm³/mol. The summed E-state index contributed by atoms with van der Waals surface area (Å²) in [6.07, 6.45) is 0.193. The molecule has 6 nitrogen and oxygen atoms in total. The summed E-state index contributed by atoms with van der Waals surface area (Å²) in [6, 6.07) is 19.1. The quantitative estimate of drug-likeness (QED) is 0.374. The molecule has 0 bridgehead atoms. The van der Waals surface area contributed by atoms with Gasteiger partial charge < -0.3 is 10.1 Å². The smallest absolute Gasteiger partial charge is 0.339 e. The molecule has 1 N–H and O–H groups in total. The number of benzene rings is 2. The minimum atomic E-state index is -0.411. The molecule has 0 aliphatic heterocycles. The van der Waals surface area contributed by atoms with E-state index in [0.29, 0.717) is 22.8 Å². The van der Waals surface area contributed by atoms with Gasteiger partial charge in [0, 0.05) is 23.0 Å². The first kappa shape index (κ1) is 22.6. The van der Waals surface area contributed by atoms with Gasteiger partial charge in [-0.2, -0.15) is 0 Å². The Labute approximate surface area is 196 Å². The maximum absolute atomic E-state index is 12.9. The number of rotatable bonds is 8. The number of carbonyl (C=O) groups is 2. The highest BCUT2D eigenvalue weighted by Gasteiger charge is 2.16. The van der Waals surface area contributed by atoms with Crippen molar-refractivity contribution < 1.29 is 14.3 Å². The van der Waals surface area contributed by atoms with Crippen LogP contribution in [0.15, 0.2) is 66.0 Å². The summed E-state index contributed by atoms with van der Waals surface area (Å²) in [5.41, 5.74) is 3.79. The van der Waals surface area contributed by atoms with Crippen LogP contribution in [0.5, 0.6) is 0 Å². The zero-order chi connectivity index (χ0) is 23.2. The van der Waals surface area contributed by atoms with Crippen molar-refractivity contribution in [1.29, 1.82) is 0 Å². The van der Waals surface area contributed by atoms with Gasteiger partial charge in [-0.3, -0.25) is 9.78 Å². The first-order valence-electron chi connectivity index (χ1n) is 10.8. The summed E-state index contributed by atoms with van der Waals surface area (Å²) < 4.78 is 5.56. The van der Waals surface area contributed by atoms with Gasteiger partial charge in [0.05, 0.1) is 23.2 Å². The number of nitrogens with one attached hydrogen (secondary N) is 1. The van der Waals surface area contributed by atoms with Crippen molar-refractivity contribution >= 4 is 34.1 Å². The number of para-hydroxylation sites is 1. The van der Waals surface area contributed by atoms with Crippen molar-refractivity contribution in [2.75, 3.05) is 0 Å². The van der Waals surface area contributed by atoms with Gasteiger partial charge in [-0.25, -0.2) is 9.78 Å². The minimum Gasteiger partial charge on any atom is -0.456 e. The second-order valence-electron chi connectivity index (χ2n) is 8.01. The predicted octanol–water partition coefficient (Wildman–Crippen LogP) is 5.03. The fraction of sp³-hybridized carbons (Fsp3) is 0.231. The number of amides is 1. The monoisotopic (exact) mass is 459 g/mol. The normalized spacial score (nSPS) is 11.0. The number of carbonyl (C=O) groups excluding carboxylic acids is 2. The molecule has 0 aliphatic rings. The Kier molecular flexibility index (Phi) is 7.10. The lowest BCUT2D eigenvalue weighted by molar-refractivity contribution is -0.120. The summed E-state index contributed by atoms with van der Waals surface area (Å²) >= 11 is 1.38. The lowest BCUT2D eigenvalue weighted by Crippen LogP contribution is -2.24. The Balaban J connectivity index is 1.36. The number of aromatic nitrogens is 2. The molecule has 0 spiro atoms. The molecule has 1 amide bonds. The largest absolute Gasteiger partial charge is 0.456 e. The molecule has 0 unspecified atom stereocenters. The van der Waals surface area contributed by atoms with Gasteiger partial charge in [0.25, 0.3) is 0 Å². The summed E-state index contributed by atoms with van der Waals surface area (Å²) in [5.74, 6) is -0.317. The standard InChI is InChI=1S/C26H25N3O3S/c1-17(2)23-12-21(20-10-6-7-11-22(20)29-23)26(31)32-15-19-16-33-25(28-19)13-24(30)27-14-18-8-4-3-5-9-18/h3-12,16-17H,13-15H2,1-2H3,(H,27,30). The third-order valence-corrected chi connectivity index (χ3v) is 6.04. The van der Waals surface area contributed by atoms with Crippen LogP contribution in [0.3, 0.4) is 0 Å². The van der Waals surface area contributed by atoms with Crippen molar-refractivity contribution in [2.45, 2.75) is 39.3 Å². The zero-order valence-electron chi connectivity index (χ0n) is 18.6. The Bertz CT molecular complexity index is 1270. The van der Waals surface area contributed by atoms with Gasteiger partial charge in [-0.1, -0.05) is 62.4 Å². The zero-order valence-corrected chi connectivity index (χ0v) is 19.4. The van der Waals surface area contributed by atoms with Crippen LogP contribution in [0.1, 0.15) is 52.1 Å². The summed E-state index contributed by atoms with van der Waals surface area (Å²) in [5, 5.41) is 6.16. The highest BCUT2D eigenvalue weighted by Crippen LogP contribution is 2.23. The van der Waals surface area contributed by atoms with E-state index in [9.17, 15) is 9.59 Å². The van der Waals surface area contributed by atoms with Crippen molar-refractivity contribution in [1.82, 2.24) is 15.3 Å². The van der Waals surface area contributed by atoms with Crippen LogP contribution in [0, 0.1) is 0 Å². The molecule has 168 valence electrons. The lowest BCUT2D eigenvalue weighted by Gasteiger charge is -2.11. The van der Waals surface area contributed by atoms with Crippen LogP contribution in [0.2, 0.25) is 0 Å². The highest BCUT2D eigenvalue weighted by molar-refractivity contribution is 7.09. The number of pyridine rings is 1. The molecule has 0 radical (unpaired) electrons. The van der Waals surface area contributed by atoms with Crippen LogP contribution in [0.25, 0.3) is 10.9 Å². The molecule has 0 fully saturated rings. The minimum absolute atomic E-state index is 0.0502. The maximum Gasteiger partial charge on any atom is 0.339 e. The molecule has 2 aromatic carbocycles. The molecule has 33 heavy (non-hydrogen) atoms. The van der Waals surface area contributed by atoms with E-state index in [1.165, 1.54) is 11.3 Å². The fourth-order valence-electron chi connectivity index (χ4n) is 3.37. The SMILES string of the molecule is CC(C)c1cc(C(=O)OCc2csc(CC(=O)NCc3ccccc3)n2)c2ccccc2n1. The van der Waals surface area contributed by atoms with Crippen LogP contribution in [-0.4, -0.2) is 21.8 Å². The first-order valence-corrected chi connectivity index (χ1v) is 11.7. The van der Waals surface area contributed by atoms with Gasteiger partial charge in [-0.15, -0.1) is 11.3 Å². The fourth-order valence-corrected chi connectivity index (χ4v) is 4.15. The number of ether oxygens (including phenoxy) is 1. The van der Waals surface area contributed by atoms with E-state index in [1.807, 2.05) is 73.8 Å². The molecule has 0 saturated heterocycles. The lowest BCUT2D eigenvalue weighted by atomic mass is 10.0. The van der Waals surface area contributed by atoms with Gasteiger partial charge in [0.2, 0.25) is 5.91 Å². The van der Waals surface area contributed by atoms with E-state index >= 15 is 0 Å². The third-order valence-electron chi connectivity index (χ3n) is 5.14. The van der Waals surface area contributed by atoms with E-state index in [4.69, 9.17) is 4.74 Å². The van der Waals surface area contributed by atoms with Gasteiger partial charge in [0.15, 0.2) is 0 Å². The van der Waals surface area contributed by atoms with Crippen molar-refractivity contribution in [3.63, 3.8) is 0 Å². The van der Waals surface area contributed by atoms with E-state index < -0.39 is 5.97 Å². The van der Waals surface area contributed by atoms with E-state index in [-0.39, 0.29) is 24.9 Å². The Morgan fingerprint density at radius 2 is 1.79 bits per heavy atom. The van der Waals surface area contributed by atoms with E-state index in [1.54, 1.807) is 6.07 Å².